The Balaban J connectivity index is 3.92. The molecular formula is C7H12O3S. The van der Waals surface area contributed by atoms with Crippen molar-refractivity contribution >= 4 is 23.7 Å². The monoisotopic (exact) mass is 176 g/mol. The van der Waals surface area contributed by atoms with Crippen molar-refractivity contribution in [2.75, 3.05) is 6.61 Å². The fraction of sp³-hybridized carbons (Fsp3) is 0.714. The highest BCUT2D eigenvalue weighted by Gasteiger charge is 2.25. The minimum absolute atomic E-state index is 0.0880. The van der Waals surface area contributed by atoms with E-state index in [2.05, 4.69) is 17.4 Å². The van der Waals surface area contributed by atoms with Crippen LogP contribution in [0.1, 0.15) is 20.8 Å². The average molecular weight is 176 g/mol. The van der Waals surface area contributed by atoms with Crippen LogP contribution in [-0.4, -0.2) is 17.7 Å². The van der Waals surface area contributed by atoms with E-state index in [9.17, 15) is 9.59 Å². The quantitative estimate of drug-likeness (QED) is 0.516. The molecule has 0 aromatic carbocycles. The molecule has 0 heterocycles. The zero-order valence-electron chi connectivity index (χ0n) is 6.88. The van der Waals surface area contributed by atoms with Crippen LogP contribution in [0.3, 0.4) is 0 Å². The fourth-order valence-electron chi connectivity index (χ4n) is 0.344. The van der Waals surface area contributed by atoms with Crippen LogP contribution in [0.5, 0.6) is 0 Å². The number of thiol groups is 1. The van der Waals surface area contributed by atoms with Crippen molar-refractivity contribution < 1.29 is 14.3 Å². The number of esters is 1. The van der Waals surface area contributed by atoms with E-state index in [1.165, 1.54) is 6.92 Å². The van der Waals surface area contributed by atoms with Crippen LogP contribution < -0.4 is 0 Å². The summed E-state index contributed by atoms with van der Waals surface area (Å²) in [6.45, 7) is 4.74. The van der Waals surface area contributed by atoms with E-state index in [1.54, 1.807) is 13.8 Å². The van der Waals surface area contributed by atoms with Crippen LogP contribution in [0, 0.1) is 5.41 Å². The van der Waals surface area contributed by atoms with Gasteiger partial charge in [-0.15, -0.1) is 12.6 Å². The lowest BCUT2D eigenvalue weighted by molar-refractivity contribution is -0.145. The Morgan fingerprint density at radius 2 is 1.91 bits per heavy atom. The van der Waals surface area contributed by atoms with Gasteiger partial charge in [0.05, 0.1) is 5.41 Å². The summed E-state index contributed by atoms with van der Waals surface area (Å²) in [6.07, 6.45) is 0. The Kier molecular flexibility index (Phi) is 3.58. The molecular weight excluding hydrogens is 164 g/mol. The molecule has 0 spiro atoms. The highest BCUT2D eigenvalue weighted by atomic mass is 32.1. The zero-order chi connectivity index (χ0) is 9.07. The van der Waals surface area contributed by atoms with Gasteiger partial charge in [0.25, 0.3) is 0 Å². The van der Waals surface area contributed by atoms with Gasteiger partial charge in [-0.1, -0.05) is 0 Å². The maximum absolute atomic E-state index is 10.8. The minimum atomic E-state index is -0.686. The molecule has 0 aromatic heterocycles. The average Bonchev–Trinajstić information content (AvgIpc) is 1.84. The third-order valence-corrected chi connectivity index (χ3v) is 1.82. The van der Waals surface area contributed by atoms with Gasteiger partial charge < -0.3 is 4.74 Å². The second-order valence-corrected chi connectivity index (χ2v) is 3.38. The van der Waals surface area contributed by atoms with E-state index in [1.807, 2.05) is 0 Å². The topological polar surface area (TPSA) is 43.4 Å². The van der Waals surface area contributed by atoms with E-state index in [-0.39, 0.29) is 17.7 Å². The van der Waals surface area contributed by atoms with E-state index < -0.39 is 5.41 Å². The number of hydrogen-bond acceptors (Lipinski definition) is 3. The summed E-state index contributed by atoms with van der Waals surface area (Å²) in [5.74, 6) is -0.382. The molecule has 0 unspecified atom stereocenters. The normalized spacial score (nSPS) is 10.9. The largest absolute Gasteiger partial charge is 0.465 e. The van der Waals surface area contributed by atoms with Gasteiger partial charge in [-0.2, -0.15) is 0 Å². The van der Waals surface area contributed by atoms with E-state index in [0.717, 1.165) is 0 Å². The second kappa shape index (κ2) is 3.76. The van der Waals surface area contributed by atoms with Gasteiger partial charge in [0.1, 0.15) is 6.61 Å². The Morgan fingerprint density at radius 3 is 2.18 bits per heavy atom. The van der Waals surface area contributed by atoms with Crippen molar-refractivity contribution in [1.82, 2.24) is 0 Å². The molecule has 0 N–H and O–H groups in total. The molecule has 0 saturated heterocycles. The summed E-state index contributed by atoms with van der Waals surface area (Å²) >= 11 is 3.65. The lowest BCUT2D eigenvalue weighted by Gasteiger charge is -2.18. The predicted molar refractivity (Wildman–Crippen MR) is 44.4 cm³/mol. The maximum Gasteiger partial charge on any atom is 0.302 e. The highest BCUT2D eigenvalue weighted by Crippen LogP contribution is 2.18. The van der Waals surface area contributed by atoms with Crippen LogP contribution in [0.2, 0.25) is 0 Å². The number of carbonyl (C=O) groups is 2. The minimum Gasteiger partial charge on any atom is -0.465 e. The molecule has 0 aliphatic rings. The number of ether oxygens (including phenoxy) is 1. The van der Waals surface area contributed by atoms with Crippen LogP contribution in [0.15, 0.2) is 0 Å². The molecule has 0 saturated carbocycles. The standard InChI is InChI=1S/C7H12O3S/c1-5(8)10-4-7(2,3)6(9)11/h4H2,1-3H3,(H,9,11). The molecule has 0 fully saturated rings. The first-order chi connectivity index (χ1) is 4.86. The molecule has 64 valence electrons. The molecule has 0 rings (SSSR count). The van der Waals surface area contributed by atoms with Gasteiger partial charge in [0.15, 0.2) is 5.12 Å². The summed E-state index contributed by atoms with van der Waals surface area (Å²) in [7, 11) is 0. The second-order valence-electron chi connectivity index (χ2n) is 2.97. The predicted octanol–water partition coefficient (Wildman–Crippen LogP) is 1.03. The molecule has 3 nitrogen and oxygen atoms in total. The van der Waals surface area contributed by atoms with Crippen molar-refractivity contribution in [1.29, 1.82) is 0 Å². The van der Waals surface area contributed by atoms with Crippen LogP contribution in [0.4, 0.5) is 0 Å². The van der Waals surface area contributed by atoms with E-state index in [4.69, 9.17) is 0 Å². The summed E-state index contributed by atoms with van der Waals surface area (Å²) in [6, 6.07) is 0. The smallest absolute Gasteiger partial charge is 0.302 e. The highest BCUT2D eigenvalue weighted by molar-refractivity contribution is 7.96. The van der Waals surface area contributed by atoms with Gasteiger partial charge in [0, 0.05) is 6.92 Å². The summed E-state index contributed by atoms with van der Waals surface area (Å²) in [5, 5.41) is -0.279. The summed E-state index contributed by atoms with van der Waals surface area (Å²) in [4.78, 5) is 21.1. The Morgan fingerprint density at radius 1 is 1.45 bits per heavy atom. The first-order valence-electron chi connectivity index (χ1n) is 3.23. The number of hydrogen-bond donors (Lipinski definition) is 1. The molecule has 0 aromatic rings. The molecule has 0 bridgehead atoms. The molecule has 11 heavy (non-hydrogen) atoms. The van der Waals surface area contributed by atoms with Gasteiger partial charge >= 0.3 is 5.97 Å². The Labute approximate surface area is 71.5 Å². The zero-order valence-corrected chi connectivity index (χ0v) is 7.77. The van der Waals surface area contributed by atoms with E-state index in [0.29, 0.717) is 0 Å². The summed E-state index contributed by atoms with van der Waals surface area (Å²) in [5.41, 5.74) is -0.686. The van der Waals surface area contributed by atoms with Gasteiger partial charge in [-0.05, 0) is 13.8 Å². The first kappa shape index (κ1) is 10.5. The van der Waals surface area contributed by atoms with Crippen molar-refractivity contribution in [3.63, 3.8) is 0 Å². The van der Waals surface area contributed by atoms with Crippen molar-refractivity contribution in [2.45, 2.75) is 20.8 Å². The fourth-order valence-corrected chi connectivity index (χ4v) is 0.408. The van der Waals surface area contributed by atoms with Gasteiger partial charge in [-0.25, -0.2) is 0 Å². The lowest BCUT2D eigenvalue weighted by Crippen LogP contribution is -2.27. The first-order valence-corrected chi connectivity index (χ1v) is 3.68. The maximum atomic E-state index is 10.8. The number of rotatable bonds is 3. The SMILES string of the molecule is CC(=O)OCC(C)(C)C(=O)S. The Hall–Kier alpha value is -0.510. The Bertz CT molecular complexity index is 175. The summed E-state index contributed by atoms with van der Waals surface area (Å²) < 4.78 is 4.66. The third-order valence-electron chi connectivity index (χ3n) is 1.22. The lowest BCUT2D eigenvalue weighted by atomic mass is 9.97. The van der Waals surface area contributed by atoms with Crippen LogP contribution in [0.25, 0.3) is 0 Å². The molecule has 4 heteroatoms. The number of carbonyl (C=O) groups excluding carboxylic acids is 2. The molecule has 0 atom stereocenters. The molecule has 0 aliphatic heterocycles. The van der Waals surface area contributed by atoms with E-state index >= 15 is 0 Å². The third kappa shape index (κ3) is 4.03. The van der Waals surface area contributed by atoms with Gasteiger partial charge in [0.2, 0.25) is 0 Å². The molecule has 0 amide bonds. The van der Waals surface area contributed by atoms with Crippen molar-refractivity contribution in [3.05, 3.63) is 0 Å². The molecule has 0 radical (unpaired) electrons. The van der Waals surface area contributed by atoms with Gasteiger partial charge in [-0.3, -0.25) is 9.59 Å². The van der Waals surface area contributed by atoms with Crippen LogP contribution in [-0.2, 0) is 14.3 Å². The van der Waals surface area contributed by atoms with Crippen molar-refractivity contribution in [3.8, 4) is 0 Å². The molecule has 0 aliphatic carbocycles. The van der Waals surface area contributed by atoms with Crippen LogP contribution >= 0.6 is 12.6 Å². The van der Waals surface area contributed by atoms with Crippen molar-refractivity contribution in [2.24, 2.45) is 5.41 Å².